The van der Waals surface area contributed by atoms with Crippen LogP contribution < -0.4 is 0 Å². The first-order valence-electron chi connectivity index (χ1n) is 3.08. The monoisotopic (exact) mass is 132 g/mol. The van der Waals surface area contributed by atoms with E-state index in [1.807, 2.05) is 12.1 Å². The minimum Gasteiger partial charge on any atom is -0.198 e. The molecule has 0 aromatic rings. The van der Waals surface area contributed by atoms with Gasteiger partial charge in [-0.3, -0.25) is 0 Å². The highest BCUT2D eigenvalue weighted by molar-refractivity contribution is 5.04. The van der Waals surface area contributed by atoms with Crippen LogP contribution in [-0.2, 0) is 0 Å². The summed E-state index contributed by atoms with van der Waals surface area (Å²) in [6.45, 7) is 0. The van der Waals surface area contributed by atoms with E-state index in [4.69, 9.17) is 16.9 Å². The molecule has 0 aromatic carbocycles. The molecule has 10 heavy (non-hydrogen) atoms. The lowest BCUT2D eigenvalue weighted by Gasteiger charge is -1.95. The van der Waals surface area contributed by atoms with Crippen LogP contribution in [0.3, 0.4) is 0 Å². The van der Waals surface area contributed by atoms with Crippen molar-refractivity contribution in [2.24, 2.45) is 5.92 Å². The SMILES string of the molecule is C#CC(C#N)CCCC#N. The molecule has 0 bridgehead atoms. The lowest BCUT2D eigenvalue weighted by atomic mass is 10.1. The second-order valence-corrected chi connectivity index (χ2v) is 1.90. The molecule has 0 N–H and O–H groups in total. The van der Waals surface area contributed by atoms with Crippen LogP contribution in [0, 0.1) is 40.9 Å². The van der Waals surface area contributed by atoms with Gasteiger partial charge in [0.25, 0.3) is 0 Å². The molecule has 0 radical (unpaired) electrons. The fourth-order valence-electron chi connectivity index (χ4n) is 0.570. The molecule has 0 aromatic heterocycles. The molecule has 0 fully saturated rings. The molecule has 0 amide bonds. The standard InChI is InChI=1S/C8H8N2/c1-2-8(7-10)5-3-4-6-9/h1,8H,3-5H2. The molecule has 2 nitrogen and oxygen atoms in total. The summed E-state index contributed by atoms with van der Waals surface area (Å²) in [6, 6.07) is 3.96. The molecule has 0 spiro atoms. The average molecular weight is 132 g/mol. The van der Waals surface area contributed by atoms with E-state index in [9.17, 15) is 0 Å². The minimum absolute atomic E-state index is 0.312. The van der Waals surface area contributed by atoms with E-state index in [1.165, 1.54) is 0 Å². The van der Waals surface area contributed by atoms with Crippen LogP contribution >= 0.6 is 0 Å². The van der Waals surface area contributed by atoms with Gasteiger partial charge < -0.3 is 0 Å². The summed E-state index contributed by atoms with van der Waals surface area (Å²) in [5.41, 5.74) is 0. The van der Waals surface area contributed by atoms with E-state index in [2.05, 4.69) is 5.92 Å². The lowest BCUT2D eigenvalue weighted by Crippen LogP contribution is -1.91. The molecule has 0 aliphatic carbocycles. The van der Waals surface area contributed by atoms with E-state index in [-0.39, 0.29) is 5.92 Å². The first kappa shape index (κ1) is 8.54. The zero-order valence-electron chi connectivity index (χ0n) is 5.67. The molecule has 0 aliphatic rings. The van der Waals surface area contributed by atoms with E-state index in [1.54, 1.807) is 0 Å². The number of nitriles is 2. The Balaban J connectivity index is 3.43. The maximum atomic E-state index is 8.35. The predicted octanol–water partition coefficient (Wildman–Crippen LogP) is 1.45. The van der Waals surface area contributed by atoms with Crippen molar-refractivity contribution >= 4 is 0 Å². The van der Waals surface area contributed by atoms with Gasteiger partial charge in [-0.25, -0.2) is 0 Å². The third kappa shape index (κ3) is 3.53. The van der Waals surface area contributed by atoms with Crippen LogP contribution in [0.1, 0.15) is 19.3 Å². The van der Waals surface area contributed by atoms with Gasteiger partial charge in [0.05, 0.1) is 12.1 Å². The van der Waals surface area contributed by atoms with E-state index >= 15 is 0 Å². The van der Waals surface area contributed by atoms with Gasteiger partial charge in [-0.05, 0) is 12.8 Å². The topological polar surface area (TPSA) is 47.6 Å². The van der Waals surface area contributed by atoms with Gasteiger partial charge in [0.1, 0.15) is 5.92 Å². The van der Waals surface area contributed by atoms with Crippen molar-refractivity contribution < 1.29 is 0 Å². The third-order valence-electron chi connectivity index (χ3n) is 1.14. The summed E-state index contributed by atoms with van der Waals surface area (Å²) in [4.78, 5) is 0. The van der Waals surface area contributed by atoms with Crippen LogP contribution in [0.4, 0.5) is 0 Å². The fraction of sp³-hybridized carbons (Fsp3) is 0.500. The molecule has 1 atom stereocenters. The second-order valence-electron chi connectivity index (χ2n) is 1.90. The van der Waals surface area contributed by atoms with E-state index < -0.39 is 0 Å². The summed E-state index contributed by atoms with van der Waals surface area (Å²) in [5, 5.41) is 16.5. The fourth-order valence-corrected chi connectivity index (χ4v) is 0.570. The molecular formula is C8H8N2. The van der Waals surface area contributed by atoms with Gasteiger partial charge in [-0.1, -0.05) is 5.92 Å². The van der Waals surface area contributed by atoms with E-state index in [0.717, 1.165) is 6.42 Å². The highest BCUT2D eigenvalue weighted by Gasteiger charge is 2.00. The first-order chi connectivity index (χ1) is 4.85. The molecule has 0 saturated heterocycles. The van der Waals surface area contributed by atoms with Crippen molar-refractivity contribution in [3.05, 3.63) is 0 Å². The Morgan fingerprint density at radius 2 is 2.10 bits per heavy atom. The maximum absolute atomic E-state index is 8.35. The van der Waals surface area contributed by atoms with Crippen molar-refractivity contribution in [1.29, 1.82) is 10.5 Å². The normalized spacial score (nSPS) is 10.5. The van der Waals surface area contributed by atoms with Crippen LogP contribution in [0.2, 0.25) is 0 Å². The summed E-state index contributed by atoms with van der Waals surface area (Å²) < 4.78 is 0. The first-order valence-corrected chi connectivity index (χ1v) is 3.08. The van der Waals surface area contributed by atoms with Crippen molar-refractivity contribution in [3.63, 3.8) is 0 Å². The van der Waals surface area contributed by atoms with Gasteiger partial charge >= 0.3 is 0 Å². The van der Waals surface area contributed by atoms with E-state index in [0.29, 0.717) is 12.8 Å². The highest BCUT2D eigenvalue weighted by Crippen LogP contribution is 2.04. The van der Waals surface area contributed by atoms with Crippen molar-refractivity contribution in [2.75, 3.05) is 0 Å². The molecule has 0 rings (SSSR count). The number of hydrogen-bond donors (Lipinski definition) is 0. The molecule has 0 aliphatic heterocycles. The Kier molecular flexibility index (Phi) is 4.84. The molecule has 1 unspecified atom stereocenters. The van der Waals surface area contributed by atoms with Gasteiger partial charge in [-0.2, -0.15) is 10.5 Å². The Morgan fingerprint density at radius 3 is 2.50 bits per heavy atom. The van der Waals surface area contributed by atoms with Crippen molar-refractivity contribution in [1.82, 2.24) is 0 Å². The van der Waals surface area contributed by atoms with Crippen LogP contribution in [0.25, 0.3) is 0 Å². The lowest BCUT2D eigenvalue weighted by molar-refractivity contribution is 0.690. The number of terminal acetylenes is 1. The molecular weight excluding hydrogens is 124 g/mol. The molecule has 0 heterocycles. The molecule has 2 heteroatoms. The number of unbranched alkanes of at least 4 members (excludes halogenated alkanes) is 1. The predicted molar refractivity (Wildman–Crippen MR) is 37.4 cm³/mol. The summed E-state index contributed by atoms with van der Waals surface area (Å²) in [7, 11) is 0. The van der Waals surface area contributed by atoms with Gasteiger partial charge in [0.15, 0.2) is 0 Å². The third-order valence-corrected chi connectivity index (χ3v) is 1.14. The molecule has 0 saturated carbocycles. The smallest absolute Gasteiger partial charge is 0.107 e. The Bertz CT molecular complexity index is 185. The maximum Gasteiger partial charge on any atom is 0.107 e. The Labute approximate surface area is 61.1 Å². The van der Waals surface area contributed by atoms with Crippen LogP contribution in [-0.4, -0.2) is 0 Å². The number of rotatable bonds is 3. The van der Waals surface area contributed by atoms with Gasteiger partial charge in [0, 0.05) is 6.42 Å². The zero-order chi connectivity index (χ0) is 7.82. The zero-order valence-corrected chi connectivity index (χ0v) is 5.67. The molecule has 50 valence electrons. The summed E-state index contributed by atoms with van der Waals surface area (Å²) in [5.74, 6) is 2.03. The second kappa shape index (κ2) is 5.67. The highest BCUT2D eigenvalue weighted by atomic mass is 14.3. The summed E-state index contributed by atoms with van der Waals surface area (Å²) in [6.07, 6.45) is 6.86. The quantitative estimate of drug-likeness (QED) is 0.431. The van der Waals surface area contributed by atoms with Crippen molar-refractivity contribution in [3.8, 4) is 24.5 Å². The Hall–Kier alpha value is -1.46. The minimum atomic E-state index is -0.312. The van der Waals surface area contributed by atoms with Crippen LogP contribution in [0.5, 0.6) is 0 Å². The van der Waals surface area contributed by atoms with Crippen LogP contribution in [0.15, 0.2) is 0 Å². The number of nitrogens with zero attached hydrogens (tertiary/aromatic N) is 2. The largest absolute Gasteiger partial charge is 0.198 e. The van der Waals surface area contributed by atoms with Gasteiger partial charge in [-0.15, -0.1) is 6.42 Å². The number of hydrogen-bond acceptors (Lipinski definition) is 2. The van der Waals surface area contributed by atoms with Gasteiger partial charge in [0.2, 0.25) is 0 Å². The average Bonchev–Trinajstić information content (AvgIpc) is 1.99. The van der Waals surface area contributed by atoms with Crippen molar-refractivity contribution in [2.45, 2.75) is 19.3 Å². The summed E-state index contributed by atoms with van der Waals surface area (Å²) >= 11 is 0. The Morgan fingerprint density at radius 1 is 1.40 bits per heavy atom.